The Kier molecular flexibility index (Phi) is 6.45. The number of rotatable bonds is 7. The minimum absolute atomic E-state index is 0.250. The molecule has 4 rings (SSSR count). The summed E-state index contributed by atoms with van der Waals surface area (Å²) in [6.07, 6.45) is 8.02. The molecule has 1 N–H and O–H groups in total. The van der Waals surface area contributed by atoms with Gasteiger partial charge in [0.15, 0.2) is 0 Å². The number of hydrogen-bond acceptors (Lipinski definition) is 4. The average molecular weight is 393 g/mol. The largest absolute Gasteiger partial charge is 0.371 e. The van der Waals surface area contributed by atoms with Gasteiger partial charge in [0.2, 0.25) is 5.91 Å². The van der Waals surface area contributed by atoms with Gasteiger partial charge >= 0.3 is 0 Å². The summed E-state index contributed by atoms with van der Waals surface area (Å²) in [7, 11) is 0. The number of carbonyl (C=O) groups excluding carboxylic acids is 1. The van der Waals surface area contributed by atoms with E-state index in [9.17, 15) is 4.79 Å². The topological polar surface area (TPSA) is 48.5 Å². The van der Waals surface area contributed by atoms with E-state index in [-0.39, 0.29) is 5.91 Å². The van der Waals surface area contributed by atoms with Crippen LogP contribution in [0.5, 0.6) is 0 Å². The molecule has 1 aromatic carbocycles. The maximum atomic E-state index is 12.1. The predicted octanol–water partition coefficient (Wildman–Crippen LogP) is 3.79. The molecule has 154 valence electrons. The van der Waals surface area contributed by atoms with Crippen molar-refractivity contribution < 1.29 is 4.79 Å². The van der Waals surface area contributed by atoms with Crippen molar-refractivity contribution in [2.75, 3.05) is 29.4 Å². The Hall–Kier alpha value is -2.40. The first-order chi connectivity index (χ1) is 14.2. The molecule has 5 heteroatoms. The maximum Gasteiger partial charge on any atom is 0.227 e. The molecule has 0 spiro atoms. The number of amides is 1. The SMILES string of the molecule is C[C@H]1CCC(=O)N1c1ccc(N2CCC(NCCCc3ccccn3)CC2)cc1. The number of aromatic nitrogens is 1. The second-order valence-electron chi connectivity index (χ2n) is 8.31. The van der Waals surface area contributed by atoms with Gasteiger partial charge < -0.3 is 15.1 Å². The molecule has 29 heavy (non-hydrogen) atoms. The number of hydrogen-bond donors (Lipinski definition) is 1. The van der Waals surface area contributed by atoms with Gasteiger partial charge in [0.25, 0.3) is 0 Å². The first-order valence-corrected chi connectivity index (χ1v) is 11.0. The smallest absolute Gasteiger partial charge is 0.227 e. The van der Waals surface area contributed by atoms with Crippen LogP contribution in [-0.2, 0) is 11.2 Å². The second kappa shape index (κ2) is 9.40. The fourth-order valence-corrected chi connectivity index (χ4v) is 4.51. The van der Waals surface area contributed by atoms with E-state index in [0.717, 1.165) is 44.6 Å². The number of carbonyl (C=O) groups is 1. The van der Waals surface area contributed by atoms with Crippen molar-refractivity contribution in [3.63, 3.8) is 0 Å². The van der Waals surface area contributed by atoms with Crippen LogP contribution in [0.1, 0.15) is 44.7 Å². The highest BCUT2D eigenvalue weighted by molar-refractivity contribution is 5.96. The summed E-state index contributed by atoms with van der Waals surface area (Å²) >= 11 is 0. The molecular formula is C24H32N4O. The van der Waals surface area contributed by atoms with Crippen molar-refractivity contribution in [3.05, 3.63) is 54.4 Å². The lowest BCUT2D eigenvalue weighted by atomic mass is 10.0. The molecule has 2 aliphatic heterocycles. The summed E-state index contributed by atoms with van der Waals surface area (Å²) in [6.45, 7) is 5.34. The van der Waals surface area contributed by atoms with Crippen molar-refractivity contribution >= 4 is 17.3 Å². The minimum atomic E-state index is 0.250. The Balaban J connectivity index is 1.21. The summed E-state index contributed by atoms with van der Waals surface area (Å²) in [4.78, 5) is 20.9. The molecule has 0 unspecified atom stereocenters. The Morgan fingerprint density at radius 2 is 1.79 bits per heavy atom. The molecule has 3 heterocycles. The van der Waals surface area contributed by atoms with E-state index < -0.39 is 0 Å². The van der Waals surface area contributed by atoms with Gasteiger partial charge in [-0.1, -0.05) is 6.07 Å². The molecule has 2 fully saturated rings. The normalized spacial score (nSPS) is 20.4. The molecule has 2 aromatic rings. The van der Waals surface area contributed by atoms with Gasteiger partial charge in [0.1, 0.15) is 0 Å². The molecule has 2 saturated heterocycles. The standard InChI is InChI=1S/C24H32N4O/c1-19-7-12-24(29)28(19)23-10-8-22(9-11-23)27-17-13-21(14-18-27)26-16-4-6-20-5-2-3-15-25-20/h2-3,5,8-11,15,19,21,26H,4,6-7,12-14,16-18H2,1H3/t19-/m0/s1. The van der Waals surface area contributed by atoms with E-state index in [2.05, 4.69) is 58.5 Å². The van der Waals surface area contributed by atoms with Crippen LogP contribution in [0.4, 0.5) is 11.4 Å². The summed E-state index contributed by atoms with van der Waals surface area (Å²) < 4.78 is 0. The lowest BCUT2D eigenvalue weighted by Gasteiger charge is -2.34. The summed E-state index contributed by atoms with van der Waals surface area (Å²) in [6, 6.07) is 15.6. The lowest BCUT2D eigenvalue weighted by molar-refractivity contribution is -0.117. The zero-order valence-corrected chi connectivity index (χ0v) is 17.4. The van der Waals surface area contributed by atoms with Gasteiger partial charge in [-0.05, 0) is 82.0 Å². The quantitative estimate of drug-likeness (QED) is 0.729. The van der Waals surface area contributed by atoms with Crippen molar-refractivity contribution in [2.45, 2.75) is 57.5 Å². The van der Waals surface area contributed by atoms with E-state index in [4.69, 9.17) is 0 Å². The third kappa shape index (κ3) is 4.96. The first-order valence-electron chi connectivity index (χ1n) is 11.0. The number of piperidine rings is 1. The molecule has 1 amide bonds. The van der Waals surface area contributed by atoms with Gasteiger partial charge in [-0.15, -0.1) is 0 Å². The molecule has 1 aromatic heterocycles. The molecule has 1 atom stereocenters. The van der Waals surface area contributed by atoms with Crippen LogP contribution in [0.3, 0.4) is 0 Å². The lowest BCUT2D eigenvalue weighted by Crippen LogP contribution is -2.42. The Labute approximate surface area is 174 Å². The molecule has 0 saturated carbocycles. The molecule has 0 bridgehead atoms. The third-order valence-electron chi connectivity index (χ3n) is 6.24. The van der Waals surface area contributed by atoms with Crippen LogP contribution in [0.2, 0.25) is 0 Å². The van der Waals surface area contributed by atoms with Crippen LogP contribution < -0.4 is 15.1 Å². The van der Waals surface area contributed by atoms with E-state index in [1.165, 1.54) is 24.2 Å². The van der Waals surface area contributed by atoms with E-state index in [1.54, 1.807) is 0 Å². The van der Waals surface area contributed by atoms with Crippen molar-refractivity contribution in [1.29, 1.82) is 0 Å². The fourth-order valence-electron chi connectivity index (χ4n) is 4.51. The van der Waals surface area contributed by atoms with Crippen LogP contribution in [0.25, 0.3) is 0 Å². The van der Waals surface area contributed by atoms with Crippen LogP contribution in [0, 0.1) is 0 Å². The summed E-state index contributed by atoms with van der Waals surface area (Å²) in [5.74, 6) is 0.250. The predicted molar refractivity (Wildman–Crippen MR) is 118 cm³/mol. The van der Waals surface area contributed by atoms with Crippen LogP contribution in [-0.4, -0.2) is 42.6 Å². The third-order valence-corrected chi connectivity index (χ3v) is 6.24. The molecule has 2 aliphatic rings. The Morgan fingerprint density at radius 3 is 2.45 bits per heavy atom. The molecular weight excluding hydrogens is 360 g/mol. The Bertz CT molecular complexity index is 784. The zero-order valence-electron chi connectivity index (χ0n) is 17.4. The van der Waals surface area contributed by atoms with Gasteiger partial charge in [0.05, 0.1) is 0 Å². The number of nitrogens with zero attached hydrogens (tertiary/aromatic N) is 3. The average Bonchev–Trinajstić information content (AvgIpc) is 3.11. The summed E-state index contributed by atoms with van der Waals surface area (Å²) in [5.41, 5.74) is 3.48. The van der Waals surface area contributed by atoms with Crippen molar-refractivity contribution in [3.8, 4) is 0 Å². The van der Waals surface area contributed by atoms with Crippen molar-refractivity contribution in [1.82, 2.24) is 10.3 Å². The minimum Gasteiger partial charge on any atom is -0.371 e. The molecule has 5 nitrogen and oxygen atoms in total. The van der Waals surface area contributed by atoms with Gasteiger partial charge in [-0.2, -0.15) is 0 Å². The molecule has 0 aliphatic carbocycles. The summed E-state index contributed by atoms with van der Waals surface area (Å²) in [5, 5.41) is 3.72. The maximum absolute atomic E-state index is 12.1. The Morgan fingerprint density at radius 1 is 1.03 bits per heavy atom. The van der Waals surface area contributed by atoms with Gasteiger partial charge in [0, 0.05) is 54.9 Å². The van der Waals surface area contributed by atoms with E-state index in [0.29, 0.717) is 18.5 Å². The molecule has 0 radical (unpaired) electrons. The fraction of sp³-hybridized carbons (Fsp3) is 0.500. The number of aryl methyl sites for hydroxylation is 1. The highest BCUT2D eigenvalue weighted by Crippen LogP contribution is 2.29. The second-order valence-corrected chi connectivity index (χ2v) is 8.31. The van der Waals surface area contributed by atoms with Crippen molar-refractivity contribution in [2.24, 2.45) is 0 Å². The number of nitrogens with one attached hydrogen (secondary N) is 1. The van der Waals surface area contributed by atoms with Gasteiger partial charge in [-0.3, -0.25) is 9.78 Å². The number of benzene rings is 1. The van der Waals surface area contributed by atoms with Crippen LogP contribution in [0.15, 0.2) is 48.7 Å². The zero-order chi connectivity index (χ0) is 20.1. The van der Waals surface area contributed by atoms with E-state index in [1.807, 2.05) is 17.2 Å². The highest BCUT2D eigenvalue weighted by Gasteiger charge is 2.28. The van der Waals surface area contributed by atoms with E-state index >= 15 is 0 Å². The van der Waals surface area contributed by atoms with Crippen LogP contribution >= 0.6 is 0 Å². The first kappa shape index (κ1) is 19.9. The number of anilines is 2. The number of pyridine rings is 1. The van der Waals surface area contributed by atoms with Gasteiger partial charge in [-0.25, -0.2) is 0 Å². The highest BCUT2D eigenvalue weighted by atomic mass is 16.2. The monoisotopic (exact) mass is 392 g/mol.